The molecule has 0 radical (unpaired) electrons. The van der Waals surface area contributed by atoms with Crippen molar-refractivity contribution in [3.05, 3.63) is 0 Å². The number of carbonyl (C=O) groups excluding carboxylic acids is 1. The third-order valence-corrected chi connectivity index (χ3v) is 3.04. The van der Waals surface area contributed by atoms with Gasteiger partial charge < -0.3 is 20.9 Å². The van der Waals surface area contributed by atoms with Crippen molar-refractivity contribution >= 4 is 11.9 Å². The standard InChI is InChI=1S/C10H18N2O4/c1-3-6(11)8(13)12-7-4-16-5-10(7,2)9(14)15/h6-7H,3-5,11H2,1-2H3,(H,12,13)(H,14,15). The van der Waals surface area contributed by atoms with Gasteiger partial charge in [-0.1, -0.05) is 6.92 Å². The van der Waals surface area contributed by atoms with Gasteiger partial charge in [0.15, 0.2) is 0 Å². The van der Waals surface area contributed by atoms with Gasteiger partial charge in [0.05, 0.1) is 25.3 Å². The van der Waals surface area contributed by atoms with E-state index in [4.69, 9.17) is 15.6 Å². The number of hydrogen-bond acceptors (Lipinski definition) is 4. The summed E-state index contributed by atoms with van der Waals surface area (Å²) in [6.07, 6.45) is 0.517. The Morgan fingerprint density at radius 3 is 2.81 bits per heavy atom. The summed E-state index contributed by atoms with van der Waals surface area (Å²) < 4.78 is 5.11. The average Bonchev–Trinajstić information content (AvgIpc) is 2.60. The minimum atomic E-state index is -1.07. The number of rotatable bonds is 4. The van der Waals surface area contributed by atoms with Crippen molar-refractivity contribution in [2.24, 2.45) is 11.1 Å². The highest BCUT2D eigenvalue weighted by atomic mass is 16.5. The smallest absolute Gasteiger partial charge is 0.313 e. The monoisotopic (exact) mass is 230 g/mol. The molecule has 92 valence electrons. The van der Waals surface area contributed by atoms with Gasteiger partial charge in [0.2, 0.25) is 5.91 Å². The SMILES string of the molecule is CCC(N)C(=O)NC1COCC1(C)C(=O)O. The molecule has 1 heterocycles. The second-order valence-corrected chi connectivity index (χ2v) is 4.31. The average molecular weight is 230 g/mol. The second kappa shape index (κ2) is 4.80. The molecule has 3 unspecified atom stereocenters. The normalized spacial score (nSPS) is 31.1. The van der Waals surface area contributed by atoms with Crippen molar-refractivity contribution in [1.29, 1.82) is 0 Å². The van der Waals surface area contributed by atoms with Crippen LogP contribution in [0.3, 0.4) is 0 Å². The Labute approximate surface area is 94.1 Å². The zero-order valence-electron chi connectivity index (χ0n) is 9.53. The molecule has 1 aliphatic rings. The molecule has 0 aromatic heterocycles. The molecule has 0 bridgehead atoms. The Hall–Kier alpha value is -1.14. The fourth-order valence-corrected chi connectivity index (χ4v) is 1.55. The first-order chi connectivity index (χ1) is 7.41. The van der Waals surface area contributed by atoms with Gasteiger partial charge >= 0.3 is 5.97 Å². The minimum absolute atomic E-state index is 0.106. The first-order valence-electron chi connectivity index (χ1n) is 5.29. The van der Waals surface area contributed by atoms with Crippen molar-refractivity contribution < 1.29 is 19.4 Å². The molecule has 1 saturated heterocycles. The summed E-state index contributed by atoms with van der Waals surface area (Å²) in [5.41, 5.74) is 4.49. The van der Waals surface area contributed by atoms with Gasteiger partial charge in [-0.2, -0.15) is 0 Å². The number of carbonyl (C=O) groups is 2. The molecule has 0 aromatic carbocycles. The first-order valence-corrected chi connectivity index (χ1v) is 5.29. The van der Waals surface area contributed by atoms with Crippen LogP contribution in [0.1, 0.15) is 20.3 Å². The van der Waals surface area contributed by atoms with Crippen LogP contribution in [0.15, 0.2) is 0 Å². The number of carboxylic acids is 1. The maximum Gasteiger partial charge on any atom is 0.313 e. The maximum absolute atomic E-state index is 11.6. The lowest BCUT2D eigenvalue weighted by Gasteiger charge is -2.26. The molecule has 0 spiro atoms. The fourth-order valence-electron chi connectivity index (χ4n) is 1.55. The summed E-state index contributed by atoms with van der Waals surface area (Å²) in [4.78, 5) is 22.6. The lowest BCUT2D eigenvalue weighted by Crippen LogP contribution is -2.53. The van der Waals surface area contributed by atoms with E-state index in [2.05, 4.69) is 5.32 Å². The molecular weight excluding hydrogens is 212 g/mol. The van der Waals surface area contributed by atoms with Crippen LogP contribution >= 0.6 is 0 Å². The molecule has 3 atom stereocenters. The Morgan fingerprint density at radius 1 is 1.69 bits per heavy atom. The number of hydrogen-bond donors (Lipinski definition) is 3. The quantitative estimate of drug-likeness (QED) is 0.594. The van der Waals surface area contributed by atoms with E-state index in [1.807, 2.05) is 0 Å². The molecule has 0 aromatic rings. The number of ether oxygens (including phenoxy) is 1. The molecular formula is C10H18N2O4. The molecule has 0 aliphatic carbocycles. The highest BCUT2D eigenvalue weighted by molar-refractivity contribution is 5.83. The molecule has 1 aliphatic heterocycles. The van der Waals surface area contributed by atoms with Crippen LogP contribution in [0.25, 0.3) is 0 Å². The van der Waals surface area contributed by atoms with Gasteiger partial charge in [-0.15, -0.1) is 0 Å². The summed E-state index contributed by atoms with van der Waals surface area (Å²) in [6.45, 7) is 3.68. The van der Waals surface area contributed by atoms with Crippen molar-refractivity contribution in [1.82, 2.24) is 5.32 Å². The van der Waals surface area contributed by atoms with E-state index in [1.165, 1.54) is 0 Å². The highest BCUT2D eigenvalue weighted by Crippen LogP contribution is 2.28. The van der Waals surface area contributed by atoms with Gasteiger partial charge in [0, 0.05) is 0 Å². The lowest BCUT2D eigenvalue weighted by atomic mass is 9.85. The van der Waals surface area contributed by atoms with E-state index in [1.54, 1.807) is 13.8 Å². The van der Waals surface area contributed by atoms with Crippen LogP contribution in [0.4, 0.5) is 0 Å². The molecule has 1 rings (SSSR count). The van der Waals surface area contributed by atoms with Crippen LogP contribution in [0, 0.1) is 5.41 Å². The van der Waals surface area contributed by atoms with Crippen LogP contribution in [0.2, 0.25) is 0 Å². The molecule has 6 nitrogen and oxygen atoms in total. The molecule has 16 heavy (non-hydrogen) atoms. The van der Waals surface area contributed by atoms with Crippen molar-refractivity contribution in [3.8, 4) is 0 Å². The second-order valence-electron chi connectivity index (χ2n) is 4.31. The largest absolute Gasteiger partial charge is 0.481 e. The molecule has 4 N–H and O–H groups in total. The Morgan fingerprint density at radius 2 is 2.31 bits per heavy atom. The molecule has 1 amide bonds. The Kier molecular flexibility index (Phi) is 3.88. The molecule has 0 saturated carbocycles. The van der Waals surface area contributed by atoms with Gasteiger partial charge in [-0.3, -0.25) is 9.59 Å². The highest BCUT2D eigenvalue weighted by Gasteiger charge is 2.47. The van der Waals surface area contributed by atoms with Crippen LogP contribution in [0.5, 0.6) is 0 Å². The zero-order chi connectivity index (χ0) is 12.3. The van der Waals surface area contributed by atoms with Crippen LogP contribution < -0.4 is 11.1 Å². The summed E-state index contributed by atoms with van der Waals surface area (Å²) in [7, 11) is 0. The summed E-state index contributed by atoms with van der Waals surface area (Å²) in [6, 6.07) is -1.12. The topological polar surface area (TPSA) is 102 Å². The maximum atomic E-state index is 11.6. The van der Waals surface area contributed by atoms with Crippen molar-refractivity contribution in [3.63, 3.8) is 0 Å². The van der Waals surface area contributed by atoms with Crippen LogP contribution in [-0.2, 0) is 14.3 Å². The van der Waals surface area contributed by atoms with Gasteiger partial charge in [-0.05, 0) is 13.3 Å². The zero-order valence-corrected chi connectivity index (χ0v) is 9.53. The van der Waals surface area contributed by atoms with Crippen molar-refractivity contribution in [2.45, 2.75) is 32.4 Å². The van der Waals surface area contributed by atoms with E-state index in [9.17, 15) is 9.59 Å². The van der Waals surface area contributed by atoms with E-state index in [0.717, 1.165) is 0 Å². The minimum Gasteiger partial charge on any atom is -0.481 e. The van der Waals surface area contributed by atoms with E-state index in [0.29, 0.717) is 6.42 Å². The number of amides is 1. The summed E-state index contributed by atoms with van der Waals surface area (Å²) in [5.74, 6) is -1.30. The molecule has 1 fully saturated rings. The van der Waals surface area contributed by atoms with E-state index in [-0.39, 0.29) is 19.1 Å². The summed E-state index contributed by atoms with van der Waals surface area (Å²) in [5, 5.41) is 11.7. The predicted molar refractivity (Wildman–Crippen MR) is 56.8 cm³/mol. The first kappa shape index (κ1) is 12.9. The number of nitrogens with one attached hydrogen (secondary N) is 1. The third-order valence-electron chi connectivity index (χ3n) is 3.04. The van der Waals surface area contributed by atoms with Gasteiger partial charge in [0.25, 0.3) is 0 Å². The van der Waals surface area contributed by atoms with Gasteiger partial charge in [0.1, 0.15) is 5.41 Å². The lowest BCUT2D eigenvalue weighted by molar-refractivity contribution is -0.149. The van der Waals surface area contributed by atoms with Crippen molar-refractivity contribution in [2.75, 3.05) is 13.2 Å². The third kappa shape index (κ3) is 2.33. The Balaban J connectivity index is 2.67. The molecule has 6 heteroatoms. The predicted octanol–water partition coefficient (Wildman–Crippen LogP) is -0.670. The number of nitrogens with two attached hydrogens (primary N) is 1. The fraction of sp³-hybridized carbons (Fsp3) is 0.800. The van der Waals surface area contributed by atoms with Gasteiger partial charge in [-0.25, -0.2) is 0 Å². The summed E-state index contributed by atoms with van der Waals surface area (Å²) >= 11 is 0. The van der Waals surface area contributed by atoms with E-state index >= 15 is 0 Å². The number of carboxylic acid groups (broad SMARTS) is 1. The van der Waals surface area contributed by atoms with E-state index < -0.39 is 23.5 Å². The van der Waals surface area contributed by atoms with Crippen LogP contribution in [-0.4, -0.2) is 42.3 Å². The Bertz CT molecular complexity index is 295. The number of aliphatic carboxylic acids is 1.